The van der Waals surface area contributed by atoms with Crippen molar-refractivity contribution >= 4 is 16.7 Å². The lowest BCUT2D eigenvalue weighted by Gasteiger charge is -2.16. The molecule has 0 aliphatic carbocycles. The molecular formula is C17H23NO2. The Hall–Kier alpha value is -1.77. The molecule has 0 saturated carbocycles. The molecule has 0 saturated heterocycles. The Bertz CT molecular complexity index is 617. The fourth-order valence-electron chi connectivity index (χ4n) is 2.25. The maximum atomic E-state index is 12.4. The van der Waals surface area contributed by atoms with Crippen molar-refractivity contribution in [3.63, 3.8) is 0 Å². The van der Waals surface area contributed by atoms with Crippen LogP contribution >= 0.6 is 0 Å². The van der Waals surface area contributed by atoms with Gasteiger partial charge in [-0.15, -0.1) is 0 Å². The monoisotopic (exact) mass is 273 g/mol. The minimum atomic E-state index is -0.00722. The van der Waals surface area contributed by atoms with Crippen molar-refractivity contribution in [2.24, 2.45) is 5.41 Å². The van der Waals surface area contributed by atoms with Gasteiger partial charge >= 0.3 is 0 Å². The quantitative estimate of drug-likeness (QED) is 0.829. The third-order valence-electron chi connectivity index (χ3n) is 3.02. The summed E-state index contributed by atoms with van der Waals surface area (Å²) in [5, 5.41) is 0.942. The van der Waals surface area contributed by atoms with Gasteiger partial charge in [0.05, 0.1) is 6.10 Å². The average Bonchev–Trinajstić information content (AvgIpc) is 2.68. The lowest BCUT2D eigenvalue weighted by atomic mass is 9.88. The van der Waals surface area contributed by atoms with Gasteiger partial charge in [-0.2, -0.15) is 0 Å². The molecule has 1 aromatic heterocycles. The molecule has 1 heterocycles. The summed E-state index contributed by atoms with van der Waals surface area (Å²) < 4.78 is 5.70. The van der Waals surface area contributed by atoms with Crippen molar-refractivity contribution in [3.05, 3.63) is 30.0 Å². The summed E-state index contributed by atoms with van der Waals surface area (Å²) in [5.41, 5.74) is 1.72. The molecule has 0 aliphatic heterocycles. The first kappa shape index (κ1) is 14.6. The van der Waals surface area contributed by atoms with Crippen LogP contribution in [0.5, 0.6) is 5.75 Å². The molecule has 2 aromatic rings. The highest BCUT2D eigenvalue weighted by Gasteiger charge is 2.20. The summed E-state index contributed by atoms with van der Waals surface area (Å²) in [6.45, 7) is 10.2. The summed E-state index contributed by atoms with van der Waals surface area (Å²) in [6, 6.07) is 5.83. The number of H-pyrrole nitrogens is 1. The lowest BCUT2D eigenvalue weighted by molar-refractivity contribution is 0.0941. The van der Waals surface area contributed by atoms with Crippen LogP contribution in [0.3, 0.4) is 0 Å². The predicted molar refractivity (Wildman–Crippen MR) is 82.5 cm³/mol. The molecule has 3 nitrogen and oxygen atoms in total. The second-order valence-electron chi connectivity index (χ2n) is 6.74. The van der Waals surface area contributed by atoms with E-state index in [2.05, 4.69) is 25.8 Å². The molecular weight excluding hydrogens is 250 g/mol. The molecule has 2 rings (SSSR count). The van der Waals surface area contributed by atoms with Gasteiger partial charge in [-0.1, -0.05) is 20.8 Å². The molecule has 3 heteroatoms. The normalized spacial score (nSPS) is 12.1. The molecule has 0 fully saturated rings. The van der Waals surface area contributed by atoms with Crippen molar-refractivity contribution in [2.45, 2.75) is 47.1 Å². The number of ketones is 1. The summed E-state index contributed by atoms with van der Waals surface area (Å²) in [6.07, 6.45) is 2.47. The van der Waals surface area contributed by atoms with E-state index in [1.54, 1.807) is 6.20 Å². The first-order valence-corrected chi connectivity index (χ1v) is 7.07. The van der Waals surface area contributed by atoms with Crippen LogP contribution in [0, 0.1) is 5.41 Å². The summed E-state index contributed by atoms with van der Waals surface area (Å²) in [7, 11) is 0. The molecule has 0 radical (unpaired) electrons. The van der Waals surface area contributed by atoms with Gasteiger partial charge in [0.15, 0.2) is 5.78 Å². The highest BCUT2D eigenvalue weighted by Crippen LogP contribution is 2.28. The maximum Gasteiger partial charge on any atom is 0.165 e. The molecule has 20 heavy (non-hydrogen) atoms. The number of aromatic nitrogens is 1. The van der Waals surface area contributed by atoms with Crippen molar-refractivity contribution < 1.29 is 9.53 Å². The van der Waals surface area contributed by atoms with E-state index in [-0.39, 0.29) is 17.3 Å². The molecule has 108 valence electrons. The van der Waals surface area contributed by atoms with Gasteiger partial charge in [0.2, 0.25) is 0 Å². The van der Waals surface area contributed by atoms with Crippen molar-refractivity contribution in [1.29, 1.82) is 0 Å². The van der Waals surface area contributed by atoms with Gasteiger partial charge in [-0.3, -0.25) is 4.79 Å². The third kappa shape index (κ3) is 3.41. The Kier molecular flexibility index (Phi) is 3.89. The minimum Gasteiger partial charge on any atom is -0.491 e. The number of hydrogen-bond acceptors (Lipinski definition) is 2. The minimum absolute atomic E-state index is 0.00722. The number of fused-ring (bicyclic) bond motifs is 1. The number of benzene rings is 1. The molecule has 0 spiro atoms. The van der Waals surface area contributed by atoms with Crippen molar-refractivity contribution in [1.82, 2.24) is 4.98 Å². The summed E-state index contributed by atoms with van der Waals surface area (Å²) in [5.74, 6) is 0.974. The Morgan fingerprint density at radius 1 is 1.30 bits per heavy atom. The number of aromatic amines is 1. The molecule has 1 aromatic carbocycles. The number of hydrogen-bond donors (Lipinski definition) is 1. The van der Waals surface area contributed by atoms with Gasteiger partial charge in [-0.25, -0.2) is 0 Å². The van der Waals surface area contributed by atoms with Crippen LogP contribution in [-0.2, 0) is 0 Å². The SMILES string of the molecule is CC(C)Oc1ccc2[nH]cc(C(=O)CC(C)(C)C)c2c1. The highest BCUT2D eigenvalue weighted by atomic mass is 16.5. The third-order valence-corrected chi connectivity index (χ3v) is 3.02. The van der Waals surface area contributed by atoms with E-state index < -0.39 is 0 Å². The Morgan fingerprint density at radius 2 is 2.00 bits per heavy atom. The fraction of sp³-hybridized carbons (Fsp3) is 0.471. The molecule has 0 aliphatic rings. The molecule has 0 unspecified atom stereocenters. The maximum absolute atomic E-state index is 12.4. The fourth-order valence-corrected chi connectivity index (χ4v) is 2.25. The van der Waals surface area contributed by atoms with Gasteiger partial charge in [0, 0.05) is 29.1 Å². The predicted octanol–water partition coefficient (Wildman–Crippen LogP) is 4.57. The van der Waals surface area contributed by atoms with Gasteiger partial charge < -0.3 is 9.72 Å². The Labute approximate surface area is 120 Å². The van der Waals surface area contributed by atoms with Crippen LogP contribution in [0.2, 0.25) is 0 Å². The van der Waals surface area contributed by atoms with Crippen LogP contribution < -0.4 is 4.74 Å². The Balaban J connectivity index is 2.36. The van der Waals surface area contributed by atoms with Crippen LogP contribution in [0.25, 0.3) is 10.9 Å². The van der Waals surface area contributed by atoms with Gasteiger partial charge in [-0.05, 0) is 37.5 Å². The summed E-state index contributed by atoms with van der Waals surface area (Å²) in [4.78, 5) is 15.6. The largest absolute Gasteiger partial charge is 0.491 e. The zero-order valence-electron chi connectivity index (χ0n) is 12.9. The molecule has 1 N–H and O–H groups in total. The molecule has 0 atom stereocenters. The topological polar surface area (TPSA) is 42.1 Å². The average molecular weight is 273 g/mol. The van der Waals surface area contributed by atoms with E-state index >= 15 is 0 Å². The van der Waals surface area contributed by atoms with E-state index in [0.29, 0.717) is 6.42 Å². The lowest BCUT2D eigenvalue weighted by Crippen LogP contribution is -2.12. The Morgan fingerprint density at radius 3 is 2.60 bits per heavy atom. The van der Waals surface area contributed by atoms with E-state index in [4.69, 9.17) is 4.74 Å². The van der Waals surface area contributed by atoms with Gasteiger partial charge in [0.25, 0.3) is 0 Å². The molecule has 0 bridgehead atoms. The van der Waals surface area contributed by atoms with Crippen molar-refractivity contribution in [2.75, 3.05) is 0 Å². The van der Waals surface area contributed by atoms with E-state index in [1.807, 2.05) is 32.0 Å². The number of carbonyl (C=O) groups excluding carboxylic acids is 1. The first-order valence-electron chi connectivity index (χ1n) is 7.07. The van der Waals surface area contributed by atoms with Gasteiger partial charge in [0.1, 0.15) is 5.75 Å². The standard InChI is InChI=1S/C17H23NO2/c1-11(2)20-12-6-7-15-13(8-12)14(10-18-15)16(19)9-17(3,4)5/h6-8,10-11,18H,9H2,1-5H3. The number of carbonyl (C=O) groups is 1. The first-order chi connectivity index (χ1) is 9.26. The zero-order valence-corrected chi connectivity index (χ0v) is 12.9. The van der Waals surface area contributed by atoms with E-state index in [0.717, 1.165) is 22.2 Å². The summed E-state index contributed by atoms with van der Waals surface area (Å²) >= 11 is 0. The smallest absolute Gasteiger partial charge is 0.165 e. The van der Waals surface area contributed by atoms with Crippen LogP contribution in [0.4, 0.5) is 0 Å². The number of ether oxygens (including phenoxy) is 1. The van der Waals surface area contributed by atoms with Crippen LogP contribution in [0.1, 0.15) is 51.4 Å². The number of nitrogens with one attached hydrogen (secondary N) is 1. The highest BCUT2D eigenvalue weighted by molar-refractivity contribution is 6.08. The number of rotatable bonds is 4. The van der Waals surface area contributed by atoms with Crippen LogP contribution in [0.15, 0.2) is 24.4 Å². The van der Waals surface area contributed by atoms with E-state index in [1.165, 1.54) is 0 Å². The zero-order chi connectivity index (χ0) is 14.9. The number of Topliss-reactive ketones (excluding diaryl/α,β-unsaturated/α-hetero) is 1. The second-order valence-corrected chi connectivity index (χ2v) is 6.74. The van der Waals surface area contributed by atoms with Crippen molar-refractivity contribution in [3.8, 4) is 5.75 Å². The molecule has 0 amide bonds. The van der Waals surface area contributed by atoms with Crippen LogP contribution in [-0.4, -0.2) is 16.9 Å². The second kappa shape index (κ2) is 5.31. The van der Waals surface area contributed by atoms with E-state index in [9.17, 15) is 4.79 Å².